The highest BCUT2D eigenvalue weighted by molar-refractivity contribution is 7.16. The van der Waals surface area contributed by atoms with Crippen molar-refractivity contribution in [1.82, 2.24) is 4.98 Å². The predicted molar refractivity (Wildman–Crippen MR) is 53.8 cm³/mol. The van der Waals surface area contributed by atoms with E-state index in [1.54, 1.807) is 6.20 Å². The minimum atomic E-state index is -0.0698. The van der Waals surface area contributed by atoms with Crippen LogP contribution in [0.4, 0.5) is 9.93 Å². The fraction of sp³-hybridized carbons (Fsp3) is 0.429. The smallest absolute Gasteiger partial charge is 0.216 e. The molecule has 0 spiro atoms. The number of thiazole rings is 1. The predicted octanol–water partition coefficient (Wildman–Crippen LogP) is 1.43. The molecule has 0 radical (unpaired) electrons. The highest BCUT2D eigenvalue weighted by atomic mass is 32.1. The molecule has 1 heterocycles. The molecule has 5 heteroatoms. The number of carbonyl (C=O) groups is 1. The number of amides is 1. The summed E-state index contributed by atoms with van der Waals surface area (Å²) in [6, 6.07) is 0. The molecule has 0 aliphatic carbocycles. The van der Waals surface area contributed by atoms with Crippen LogP contribution < -0.4 is 5.32 Å². The molecule has 0 atom stereocenters. The van der Waals surface area contributed by atoms with E-state index < -0.39 is 0 Å². The van der Waals surface area contributed by atoms with Crippen LogP contribution in [0.25, 0.3) is 0 Å². The molecule has 1 amide bonds. The van der Waals surface area contributed by atoms with Crippen LogP contribution in [0.2, 0.25) is 0 Å². The van der Waals surface area contributed by atoms with Gasteiger partial charge in [0.05, 0.1) is 0 Å². The van der Waals surface area contributed by atoms with Gasteiger partial charge in [0.15, 0.2) is 10.9 Å². The van der Waals surface area contributed by atoms with Crippen LogP contribution in [0, 0.1) is 0 Å². The van der Waals surface area contributed by atoms with Crippen LogP contribution >= 0.6 is 11.3 Å². The first-order valence-electron chi connectivity index (χ1n) is 3.83. The summed E-state index contributed by atoms with van der Waals surface area (Å²) in [6.45, 7) is 4.20. The number of aromatic nitrogens is 1. The lowest BCUT2D eigenvalue weighted by Crippen LogP contribution is -2.07. The summed E-state index contributed by atoms with van der Waals surface area (Å²) < 4.78 is 0. The molecule has 64 valence electrons. The summed E-state index contributed by atoms with van der Waals surface area (Å²) in [4.78, 5) is 15.9. The van der Waals surface area contributed by atoms with Gasteiger partial charge in [-0.2, -0.15) is 0 Å². The maximum atomic E-state index is 10.6. The van der Waals surface area contributed by atoms with Gasteiger partial charge < -0.3 is 5.32 Å². The van der Waals surface area contributed by atoms with Gasteiger partial charge in [-0.15, -0.1) is 11.3 Å². The van der Waals surface area contributed by atoms with Gasteiger partial charge in [-0.3, -0.25) is 4.79 Å². The van der Waals surface area contributed by atoms with Gasteiger partial charge in [0, 0.05) is 11.1 Å². The Kier molecular flexibility index (Phi) is 2.86. The van der Waals surface area contributed by atoms with Gasteiger partial charge >= 0.3 is 0 Å². The first-order chi connectivity index (χ1) is 5.59. The van der Waals surface area contributed by atoms with Crippen molar-refractivity contribution >= 4 is 30.1 Å². The second-order valence-electron chi connectivity index (χ2n) is 2.90. The molecular formula is C7H11BN2OS. The van der Waals surface area contributed by atoms with Gasteiger partial charge in [0.25, 0.3) is 0 Å². The third kappa shape index (κ3) is 2.34. The molecule has 1 N–H and O–H groups in total. The highest BCUT2D eigenvalue weighted by Crippen LogP contribution is 2.24. The van der Waals surface area contributed by atoms with Crippen molar-refractivity contribution in [2.45, 2.75) is 19.8 Å². The van der Waals surface area contributed by atoms with Crippen molar-refractivity contribution in [3.05, 3.63) is 11.1 Å². The molecule has 0 unspecified atom stereocenters. The quantitative estimate of drug-likeness (QED) is 0.703. The summed E-state index contributed by atoms with van der Waals surface area (Å²) >= 11 is 1.53. The van der Waals surface area contributed by atoms with Gasteiger partial charge in [-0.25, -0.2) is 4.98 Å². The SMILES string of the molecule is BC(=O)Nc1ncc(C(C)C)s1. The van der Waals surface area contributed by atoms with Gasteiger partial charge in [-0.05, 0) is 5.92 Å². The number of nitrogens with one attached hydrogen (secondary N) is 1. The minimum absolute atomic E-state index is 0.0698. The number of carbonyl (C=O) groups excluding carboxylic acids is 1. The standard InChI is InChI=1S/C7H11BN2OS/c1-4(2)5-3-9-7(12-5)10-6(8)11/h3-4H,8H2,1-2H3,(H,9,10,11). The molecule has 12 heavy (non-hydrogen) atoms. The number of anilines is 1. The lowest BCUT2D eigenvalue weighted by Gasteiger charge is -1.96. The summed E-state index contributed by atoms with van der Waals surface area (Å²) in [5, 5.41) is 3.33. The molecule has 1 aromatic rings. The number of hydrogen-bond acceptors (Lipinski definition) is 3. The Hall–Kier alpha value is -0.835. The maximum absolute atomic E-state index is 10.6. The molecule has 1 rings (SSSR count). The molecule has 0 saturated heterocycles. The van der Waals surface area contributed by atoms with Crippen molar-refractivity contribution in [2.75, 3.05) is 5.32 Å². The van der Waals surface area contributed by atoms with Crippen LogP contribution in [-0.4, -0.2) is 18.6 Å². The first-order valence-corrected chi connectivity index (χ1v) is 4.64. The van der Waals surface area contributed by atoms with E-state index in [0.29, 0.717) is 11.0 Å². The molecule has 0 bridgehead atoms. The van der Waals surface area contributed by atoms with E-state index in [2.05, 4.69) is 24.1 Å². The monoisotopic (exact) mass is 182 g/mol. The normalized spacial score (nSPS) is 10.2. The molecule has 0 aliphatic rings. The average Bonchev–Trinajstić information content (AvgIpc) is 2.34. The largest absolute Gasteiger partial charge is 0.311 e. The van der Waals surface area contributed by atoms with E-state index in [0.717, 1.165) is 0 Å². The number of rotatable bonds is 2. The van der Waals surface area contributed by atoms with Gasteiger partial charge in [0.1, 0.15) is 0 Å². The fourth-order valence-corrected chi connectivity index (χ4v) is 1.63. The van der Waals surface area contributed by atoms with Crippen molar-refractivity contribution in [2.24, 2.45) is 0 Å². The van der Waals surface area contributed by atoms with E-state index in [9.17, 15) is 4.79 Å². The summed E-state index contributed by atoms with van der Waals surface area (Å²) in [7, 11) is 1.48. The zero-order chi connectivity index (χ0) is 9.14. The van der Waals surface area contributed by atoms with E-state index in [-0.39, 0.29) is 5.81 Å². The van der Waals surface area contributed by atoms with Crippen molar-refractivity contribution in [1.29, 1.82) is 0 Å². The summed E-state index contributed by atoms with van der Waals surface area (Å²) in [6.07, 6.45) is 1.81. The molecule has 0 aromatic carbocycles. The zero-order valence-corrected chi connectivity index (χ0v) is 8.23. The number of nitrogens with zero attached hydrogens (tertiary/aromatic N) is 1. The molecule has 1 aromatic heterocycles. The third-order valence-corrected chi connectivity index (χ3v) is 2.59. The lowest BCUT2D eigenvalue weighted by atomic mass is 10.1. The minimum Gasteiger partial charge on any atom is -0.311 e. The van der Waals surface area contributed by atoms with Gasteiger partial charge in [0.2, 0.25) is 7.85 Å². The summed E-state index contributed by atoms with van der Waals surface area (Å²) in [5.74, 6) is 0.407. The van der Waals surface area contributed by atoms with E-state index in [1.165, 1.54) is 24.1 Å². The average molecular weight is 182 g/mol. The number of hydrogen-bond donors (Lipinski definition) is 1. The van der Waals surface area contributed by atoms with Crippen LogP contribution in [0.15, 0.2) is 6.20 Å². The third-order valence-electron chi connectivity index (χ3n) is 1.38. The Labute approximate surface area is 76.6 Å². The second-order valence-corrected chi connectivity index (χ2v) is 3.97. The topological polar surface area (TPSA) is 42.0 Å². The van der Waals surface area contributed by atoms with Crippen molar-refractivity contribution in [3.63, 3.8) is 0 Å². The van der Waals surface area contributed by atoms with E-state index in [4.69, 9.17) is 0 Å². The van der Waals surface area contributed by atoms with Crippen molar-refractivity contribution in [3.8, 4) is 0 Å². The Morgan fingerprint density at radius 1 is 1.75 bits per heavy atom. The van der Waals surface area contributed by atoms with E-state index >= 15 is 0 Å². The highest BCUT2D eigenvalue weighted by Gasteiger charge is 2.05. The molecular weight excluding hydrogens is 171 g/mol. The Bertz CT molecular complexity index is 285. The van der Waals surface area contributed by atoms with Crippen LogP contribution in [0.5, 0.6) is 0 Å². The summed E-state index contributed by atoms with van der Waals surface area (Å²) in [5.41, 5.74) is 0. The zero-order valence-electron chi connectivity index (χ0n) is 7.42. The maximum Gasteiger partial charge on any atom is 0.216 e. The fourth-order valence-electron chi connectivity index (χ4n) is 0.762. The Morgan fingerprint density at radius 3 is 2.83 bits per heavy atom. The molecule has 3 nitrogen and oxygen atoms in total. The first kappa shape index (κ1) is 9.25. The van der Waals surface area contributed by atoms with Crippen LogP contribution in [-0.2, 0) is 0 Å². The second kappa shape index (κ2) is 3.71. The molecule has 0 fully saturated rings. The molecule has 0 aliphatic heterocycles. The van der Waals surface area contributed by atoms with E-state index in [1.807, 2.05) is 0 Å². The van der Waals surface area contributed by atoms with Crippen LogP contribution in [0.1, 0.15) is 24.6 Å². The van der Waals surface area contributed by atoms with Crippen molar-refractivity contribution < 1.29 is 4.79 Å². The van der Waals surface area contributed by atoms with Gasteiger partial charge in [-0.1, -0.05) is 13.8 Å². The van der Waals surface area contributed by atoms with Crippen LogP contribution in [0.3, 0.4) is 0 Å². The molecule has 0 saturated carbocycles. The lowest BCUT2D eigenvalue weighted by molar-refractivity contribution is 0.269. The Morgan fingerprint density at radius 2 is 2.42 bits per heavy atom. The Balaban J connectivity index is 2.70.